The average Bonchev–Trinajstić information content (AvgIpc) is 2.77. The summed E-state index contributed by atoms with van der Waals surface area (Å²) in [5.74, 6) is 6.07. The number of ether oxygens (including phenoxy) is 1. The molecule has 2 aromatic rings. The molecule has 0 aliphatic carbocycles. The summed E-state index contributed by atoms with van der Waals surface area (Å²) in [6.07, 6.45) is 1.58. The maximum absolute atomic E-state index is 13.7. The van der Waals surface area contributed by atoms with Crippen LogP contribution in [0.15, 0.2) is 34.9 Å². The van der Waals surface area contributed by atoms with Gasteiger partial charge in [-0.1, -0.05) is 6.07 Å². The van der Waals surface area contributed by atoms with E-state index in [1.807, 2.05) is 13.0 Å². The third kappa shape index (κ3) is 2.23. The lowest BCUT2D eigenvalue weighted by Gasteiger charge is -2.16. The molecule has 1 atom stereocenters. The van der Waals surface area contributed by atoms with Gasteiger partial charge in [0.25, 0.3) is 0 Å². The molecule has 0 saturated heterocycles. The zero-order valence-corrected chi connectivity index (χ0v) is 10.2. The summed E-state index contributed by atoms with van der Waals surface area (Å²) in [7, 11) is 1.43. The van der Waals surface area contributed by atoms with Crippen LogP contribution in [0.4, 0.5) is 4.39 Å². The maximum atomic E-state index is 13.7. The first-order chi connectivity index (χ1) is 8.67. The van der Waals surface area contributed by atoms with Gasteiger partial charge in [0.05, 0.1) is 19.4 Å². The van der Waals surface area contributed by atoms with Gasteiger partial charge >= 0.3 is 0 Å². The lowest BCUT2D eigenvalue weighted by Crippen LogP contribution is -2.29. The second-order valence-corrected chi connectivity index (χ2v) is 3.93. The van der Waals surface area contributed by atoms with Gasteiger partial charge in [-0.3, -0.25) is 5.84 Å². The van der Waals surface area contributed by atoms with E-state index in [1.54, 1.807) is 18.4 Å². The number of benzene rings is 1. The van der Waals surface area contributed by atoms with E-state index in [0.29, 0.717) is 5.56 Å². The quantitative estimate of drug-likeness (QED) is 0.645. The molecular weight excluding hydrogens is 235 g/mol. The van der Waals surface area contributed by atoms with Gasteiger partial charge in [-0.05, 0) is 30.7 Å². The van der Waals surface area contributed by atoms with Crippen molar-refractivity contribution in [2.24, 2.45) is 5.84 Å². The maximum Gasteiger partial charge on any atom is 0.165 e. The standard InChI is InChI=1S/C13H15FN2O2/c1-8-10(5-6-18-8)13(16-15)9-3-4-12(17-2)11(14)7-9/h3-7,13,16H,15H2,1-2H3. The normalized spacial score (nSPS) is 12.4. The predicted molar refractivity (Wildman–Crippen MR) is 65.6 cm³/mol. The van der Waals surface area contributed by atoms with Crippen LogP contribution >= 0.6 is 0 Å². The molecule has 0 radical (unpaired) electrons. The SMILES string of the molecule is COc1ccc(C(NN)c2ccoc2C)cc1F. The van der Waals surface area contributed by atoms with Crippen LogP contribution < -0.4 is 16.0 Å². The lowest BCUT2D eigenvalue weighted by molar-refractivity contribution is 0.385. The molecule has 2 rings (SSSR count). The molecule has 4 nitrogen and oxygen atoms in total. The number of nitrogens with two attached hydrogens (primary N) is 1. The van der Waals surface area contributed by atoms with Crippen molar-refractivity contribution < 1.29 is 13.5 Å². The fraction of sp³-hybridized carbons (Fsp3) is 0.231. The van der Waals surface area contributed by atoms with E-state index in [0.717, 1.165) is 11.3 Å². The van der Waals surface area contributed by atoms with Gasteiger partial charge in [0.1, 0.15) is 5.76 Å². The number of hydrazine groups is 1. The van der Waals surface area contributed by atoms with Crippen molar-refractivity contribution in [3.63, 3.8) is 0 Å². The fourth-order valence-electron chi connectivity index (χ4n) is 1.92. The summed E-state index contributed by atoms with van der Waals surface area (Å²) in [6, 6.07) is 6.23. The highest BCUT2D eigenvalue weighted by molar-refractivity contribution is 5.37. The highest BCUT2D eigenvalue weighted by atomic mass is 19.1. The summed E-state index contributed by atoms with van der Waals surface area (Å²) >= 11 is 0. The number of hydrogen-bond donors (Lipinski definition) is 2. The lowest BCUT2D eigenvalue weighted by atomic mass is 9.99. The van der Waals surface area contributed by atoms with Crippen molar-refractivity contribution in [1.82, 2.24) is 5.43 Å². The minimum absolute atomic E-state index is 0.207. The van der Waals surface area contributed by atoms with Crippen LogP contribution in [0.5, 0.6) is 5.75 Å². The Hall–Kier alpha value is -1.85. The average molecular weight is 250 g/mol. The minimum atomic E-state index is -0.420. The Morgan fingerprint density at radius 2 is 2.17 bits per heavy atom. The number of hydrogen-bond acceptors (Lipinski definition) is 4. The van der Waals surface area contributed by atoms with Crippen LogP contribution in [0, 0.1) is 12.7 Å². The second-order valence-electron chi connectivity index (χ2n) is 3.93. The van der Waals surface area contributed by atoms with E-state index in [1.165, 1.54) is 13.2 Å². The Bertz CT molecular complexity index is 540. The Morgan fingerprint density at radius 1 is 1.39 bits per heavy atom. The van der Waals surface area contributed by atoms with Crippen molar-refractivity contribution in [2.45, 2.75) is 13.0 Å². The molecule has 0 aliphatic rings. The van der Waals surface area contributed by atoms with Gasteiger partial charge < -0.3 is 9.15 Å². The smallest absolute Gasteiger partial charge is 0.165 e. The zero-order valence-electron chi connectivity index (χ0n) is 10.2. The molecule has 0 saturated carbocycles. The Labute approximate surface area is 105 Å². The molecule has 18 heavy (non-hydrogen) atoms. The van der Waals surface area contributed by atoms with Gasteiger partial charge in [0.15, 0.2) is 11.6 Å². The van der Waals surface area contributed by atoms with Gasteiger partial charge in [-0.15, -0.1) is 0 Å². The predicted octanol–water partition coefficient (Wildman–Crippen LogP) is 2.29. The van der Waals surface area contributed by atoms with Gasteiger partial charge in [0, 0.05) is 5.56 Å². The van der Waals surface area contributed by atoms with E-state index in [9.17, 15) is 4.39 Å². The molecule has 0 fully saturated rings. The molecule has 5 heteroatoms. The Balaban J connectivity index is 2.40. The third-order valence-electron chi connectivity index (χ3n) is 2.89. The molecule has 1 aromatic carbocycles. The molecule has 1 unspecified atom stereocenters. The molecule has 96 valence electrons. The van der Waals surface area contributed by atoms with Crippen molar-refractivity contribution in [3.05, 3.63) is 53.2 Å². The summed E-state index contributed by atoms with van der Waals surface area (Å²) in [6.45, 7) is 1.83. The summed E-state index contributed by atoms with van der Waals surface area (Å²) < 4.78 is 23.8. The first-order valence-corrected chi connectivity index (χ1v) is 5.51. The van der Waals surface area contributed by atoms with E-state index in [2.05, 4.69) is 5.43 Å². The highest BCUT2D eigenvalue weighted by Crippen LogP contribution is 2.28. The number of aryl methyl sites for hydroxylation is 1. The first-order valence-electron chi connectivity index (χ1n) is 5.51. The van der Waals surface area contributed by atoms with E-state index < -0.39 is 5.82 Å². The fourth-order valence-corrected chi connectivity index (χ4v) is 1.92. The van der Waals surface area contributed by atoms with Crippen LogP contribution in [-0.2, 0) is 0 Å². The molecule has 0 spiro atoms. The summed E-state index contributed by atoms with van der Waals surface area (Å²) in [4.78, 5) is 0. The van der Waals surface area contributed by atoms with Crippen LogP contribution in [0.3, 0.4) is 0 Å². The minimum Gasteiger partial charge on any atom is -0.494 e. The molecule has 0 aliphatic heterocycles. The van der Waals surface area contributed by atoms with Crippen LogP contribution in [0.25, 0.3) is 0 Å². The largest absolute Gasteiger partial charge is 0.494 e. The number of rotatable bonds is 4. The van der Waals surface area contributed by atoms with Crippen molar-refractivity contribution in [2.75, 3.05) is 7.11 Å². The number of furan rings is 1. The molecule has 3 N–H and O–H groups in total. The van der Waals surface area contributed by atoms with Gasteiger partial charge in [-0.2, -0.15) is 0 Å². The Morgan fingerprint density at radius 3 is 2.67 bits per heavy atom. The molecular formula is C13H15FN2O2. The number of nitrogens with one attached hydrogen (secondary N) is 1. The van der Waals surface area contributed by atoms with E-state index >= 15 is 0 Å². The van der Waals surface area contributed by atoms with Crippen molar-refractivity contribution in [3.8, 4) is 5.75 Å². The highest BCUT2D eigenvalue weighted by Gasteiger charge is 2.18. The van der Waals surface area contributed by atoms with Crippen LogP contribution in [-0.4, -0.2) is 7.11 Å². The summed E-state index contributed by atoms with van der Waals surface area (Å²) in [5.41, 5.74) is 4.24. The zero-order chi connectivity index (χ0) is 13.1. The second kappa shape index (κ2) is 5.20. The van der Waals surface area contributed by atoms with Crippen LogP contribution in [0.1, 0.15) is 22.9 Å². The van der Waals surface area contributed by atoms with E-state index in [4.69, 9.17) is 15.0 Å². The van der Waals surface area contributed by atoms with Crippen molar-refractivity contribution in [1.29, 1.82) is 0 Å². The van der Waals surface area contributed by atoms with Crippen LogP contribution in [0.2, 0.25) is 0 Å². The topological polar surface area (TPSA) is 60.4 Å². The van der Waals surface area contributed by atoms with Gasteiger partial charge in [-0.25, -0.2) is 9.82 Å². The Kier molecular flexibility index (Phi) is 3.64. The molecule has 1 aromatic heterocycles. The number of halogens is 1. The first kappa shape index (κ1) is 12.6. The molecule has 0 amide bonds. The number of methoxy groups -OCH3 is 1. The van der Waals surface area contributed by atoms with Gasteiger partial charge in [0.2, 0.25) is 0 Å². The van der Waals surface area contributed by atoms with Crippen molar-refractivity contribution >= 4 is 0 Å². The summed E-state index contributed by atoms with van der Waals surface area (Å²) in [5, 5.41) is 0. The molecule has 1 heterocycles. The van der Waals surface area contributed by atoms with E-state index in [-0.39, 0.29) is 11.8 Å². The third-order valence-corrected chi connectivity index (χ3v) is 2.89. The molecule has 0 bridgehead atoms. The monoisotopic (exact) mass is 250 g/mol.